The number of aliphatic hydroxyl groups excluding tert-OH is 1. The highest BCUT2D eigenvalue weighted by molar-refractivity contribution is 5.69. The third kappa shape index (κ3) is 3.38. The van der Waals surface area contributed by atoms with Crippen LogP contribution >= 0.6 is 0 Å². The van der Waals surface area contributed by atoms with E-state index in [1.807, 2.05) is 6.92 Å². The van der Waals surface area contributed by atoms with Gasteiger partial charge in [0.2, 0.25) is 11.6 Å². The van der Waals surface area contributed by atoms with Crippen LogP contribution in [0.1, 0.15) is 39.0 Å². The van der Waals surface area contributed by atoms with Crippen molar-refractivity contribution in [1.29, 1.82) is 0 Å². The number of hydrogen-bond acceptors (Lipinski definition) is 7. The number of nitro groups is 1. The van der Waals surface area contributed by atoms with Crippen LogP contribution < -0.4 is 10.6 Å². The average Bonchev–Trinajstić information content (AvgIpc) is 2.48. The number of nitrogens with zero attached hydrogens (tertiary/aromatic N) is 3. The lowest BCUT2D eigenvalue weighted by Gasteiger charge is -2.36. The van der Waals surface area contributed by atoms with Crippen molar-refractivity contribution in [3.63, 3.8) is 0 Å². The van der Waals surface area contributed by atoms with Crippen LogP contribution in [0.2, 0.25) is 0 Å². The molecule has 21 heavy (non-hydrogen) atoms. The highest BCUT2D eigenvalue weighted by Crippen LogP contribution is 2.35. The minimum Gasteiger partial charge on any atom is -0.394 e. The lowest BCUT2D eigenvalue weighted by atomic mass is 9.82. The van der Waals surface area contributed by atoms with Crippen LogP contribution in [0.25, 0.3) is 0 Å². The number of anilines is 2. The summed E-state index contributed by atoms with van der Waals surface area (Å²) in [7, 11) is 0. The Morgan fingerprint density at radius 3 is 2.57 bits per heavy atom. The first kappa shape index (κ1) is 15.4. The first-order valence-corrected chi connectivity index (χ1v) is 7.24. The van der Waals surface area contributed by atoms with Gasteiger partial charge in [0.15, 0.2) is 0 Å². The quantitative estimate of drug-likeness (QED) is 0.542. The molecule has 1 heterocycles. The van der Waals surface area contributed by atoms with Gasteiger partial charge < -0.3 is 15.7 Å². The maximum atomic E-state index is 11.3. The molecule has 116 valence electrons. The van der Waals surface area contributed by atoms with E-state index >= 15 is 0 Å². The highest BCUT2D eigenvalue weighted by Gasteiger charge is 2.35. The van der Waals surface area contributed by atoms with Crippen molar-refractivity contribution in [1.82, 2.24) is 9.97 Å². The van der Waals surface area contributed by atoms with Gasteiger partial charge in [-0.2, -0.15) is 0 Å². The standard InChI is InChI=1S/C13H21N5O3/c1-2-14-11-10(18(20)21)12(16-9-15-11)17-13(8-19)6-4-3-5-7-13/h9,19H,2-8H2,1H3,(H2,14,15,16,17). The first-order valence-electron chi connectivity index (χ1n) is 7.24. The van der Waals surface area contributed by atoms with Gasteiger partial charge in [-0.25, -0.2) is 9.97 Å². The van der Waals surface area contributed by atoms with E-state index in [-0.39, 0.29) is 23.9 Å². The molecule has 0 spiro atoms. The molecule has 8 nitrogen and oxygen atoms in total. The van der Waals surface area contributed by atoms with Crippen LogP contribution in [-0.4, -0.2) is 38.7 Å². The summed E-state index contributed by atoms with van der Waals surface area (Å²) >= 11 is 0. The van der Waals surface area contributed by atoms with E-state index in [4.69, 9.17) is 0 Å². The Balaban J connectivity index is 2.34. The summed E-state index contributed by atoms with van der Waals surface area (Å²) in [5, 5.41) is 27.0. The van der Waals surface area contributed by atoms with Gasteiger partial charge in [0.25, 0.3) is 0 Å². The molecule has 1 fully saturated rings. The van der Waals surface area contributed by atoms with Crippen LogP contribution in [0.5, 0.6) is 0 Å². The second-order valence-corrected chi connectivity index (χ2v) is 5.33. The van der Waals surface area contributed by atoms with Crippen molar-refractivity contribution in [2.45, 2.75) is 44.6 Å². The van der Waals surface area contributed by atoms with Crippen LogP contribution in [-0.2, 0) is 0 Å². The Bertz CT molecular complexity index is 503. The smallest absolute Gasteiger partial charge is 0.353 e. The zero-order valence-corrected chi connectivity index (χ0v) is 12.1. The van der Waals surface area contributed by atoms with E-state index in [0.717, 1.165) is 32.1 Å². The monoisotopic (exact) mass is 295 g/mol. The van der Waals surface area contributed by atoms with E-state index in [2.05, 4.69) is 20.6 Å². The Morgan fingerprint density at radius 2 is 2.00 bits per heavy atom. The molecule has 0 unspecified atom stereocenters. The van der Waals surface area contributed by atoms with E-state index < -0.39 is 10.5 Å². The second-order valence-electron chi connectivity index (χ2n) is 5.33. The van der Waals surface area contributed by atoms with E-state index in [9.17, 15) is 15.2 Å². The van der Waals surface area contributed by atoms with Crippen molar-refractivity contribution in [2.75, 3.05) is 23.8 Å². The number of aromatic nitrogens is 2. The zero-order valence-electron chi connectivity index (χ0n) is 12.1. The van der Waals surface area contributed by atoms with Gasteiger partial charge >= 0.3 is 5.69 Å². The molecule has 8 heteroatoms. The fraction of sp³-hybridized carbons (Fsp3) is 0.692. The third-order valence-electron chi connectivity index (χ3n) is 3.85. The number of aliphatic hydroxyl groups is 1. The summed E-state index contributed by atoms with van der Waals surface area (Å²) < 4.78 is 0. The Labute approximate surface area is 123 Å². The van der Waals surface area contributed by atoms with Gasteiger partial charge in [-0.3, -0.25) is 10.1 Å². The molecule has 0 aliphatic heterocycles. The summed E-state index contributed by atoms with van der Waals surface area (Å²) in [6, 6.07) is 0. The molecule has 1 aliphatic rings. The molecule has 0 aromatic carbocycles. The fourth-order valence-electron chi connectivity index (χ4n) is 2.74. The van der Waals surface area contributed by atoms with Crippen molar-refractivity contribution in [3.05, 3.63) is 16.4 Å². The molecule has 0 radical (unpaired) electrons. The number of nitrogens with one attached hydrogen (secondary N) is 2. The molecular weight excluding hydrogens is 274 g/mol. The van der Waals surface area contributed by atoms with Gasteiger partial charge in [-0.15, -0.1) is 0 Å². The lowest BCUT2D eigenvalue weighted by molar-refractivity contribution is -0.383. The normalized spacial score (nSPS) is 17.2. The zero-order chi connectivity index (χ0) is 15.3. The number of rotatable bonds is 6. The van der Waals surface area contributed by atoms with Crippen molar-refractivity contribution < 1.29 is 10.0 Å². The molecule has 1 aliphatic carbocycles. The molecule has 0 atom stereocenters. The van der Waals surface area contributed by atoms with Crippen LogP contribution in [0.15, 0.2) is 6.33 Å². The van der Waals surface area contributed by atoms with E-state index in [1.165, 1.54) is 6.33 Å². The third-order valence-corrected chi connectivity index (χ3v) is 3.85. The van der Waals surface area contributed by atoms with Gasteiger partial charge in [-0.05, 0) is 19.8 Å². The lowest BCUT2D eigenvalue weighted by Crippen LogP contribution is -2.44. The van der Waals surface area contributed by atoms with Gasteiger partial charge in [0, 0.05) is 6.54 Å². The number of hydrogen-bond donors (Lipinski definition) is 3. The summed E-state index contributed by atoms with van der Waals surface area (Å²) in [4.78, 5) is 18.8. The molecule has 1 saturated carbocycles. The maximum Gasteiger partial charge on any atom is 0.353 e. The Kier molecular flexibility index (Phi) is 4.89. The molecule has 1 aromatic heterocycles. The van der Waals surface area contributed by atoms with Crippen LogP contribution in [0.4, 0.5) is 17.3 Å². The molecule has 0 amide bonds. The summed E-state index contributed by atoms with van der Waals surface area (Å²) in [6.07, 6.45) is 5.96. The fourth-order valence-corrected chi connectivity index (χ4v) is 2.74. The summed E-state index contributed by atoms with van der Waals surface area (Å²) in [5.41, 5.74) is -0.696. The van der Waals surface area contributed by atoms with Crippen LogP contribution in [0, 0.1) is 10.1 Å². The van der Waals surface area contributed by atoms with Gasteiger partial charge in [0.1, 0.15) is 6.33 Å². The molecule has 0 saturated heterocycles. The molecule has 2 rings (SSSR count). The largest absolute Gasteiger partial charge is 0.394 e. The Morgan fingerprint density at radius 1 is 1.33 bits per heavy atom. The predicted octanol–water partition coefficient (Wildman–Crippen LogP) is 1.92. The van der Waals surface area contributed by atoms with E-state index in [1.54, 1.807) is 0 Å². The summed E-state index contributed by atoms with van der Waals surface area (Å²) in [6.45, 7) is 2.31. The second kappa shape index (κ2) is 6.66. The van der Waals surface area contributed by atoms with E-state index in [0.29, 0.717) is 6.54 Å². The molecule has 1 aromatic rings. The van der Waals surface area contributed by atoms with Gasteiger partial charge in [-0.1, -0.05) is 19.3 Å². The van der Waals surface area contributed by atoms with Crippen molar-refractivity contribution in [2.24, 2.45) is 0 Å². The minimum atomic E-state index is -0.527. The topological polar surface area (TPSA) is 113 Å². The first-order chi connectivity index (χ1) is 10.1. The average molecular weight is 295 g/mol. The summed E-state index contributed by atoms with van der Waals surface area (Å²) in [5.74, 6) is 0.366. The molecule has 0 bridgehead atoms. The Hall–Kier alpha value is -1.96. The minimum absolute atomic E-state index is 0.0648. The van der Waals surface area contributed by atoms with Gasteiger partial charge in [0.05, 0.1) is 17.1 Å². The van der Waals surface area contributed by atoms with Crippen molar-refractivity contribution in [3.8, 4) is 0 Å². The SMILES string of the molecule is CCNc1ncnc(NC2(CO)CCCCC2)c1[N+](=O)[O-]. The predicted molar refractivity (Wildman–Crippen MR) is 79.4 cm³/mol. The van der Waals surface area contributed by atoms with Crippen molar-refractivity contribution >= 4 is 17.3 Å². The molecular formula is C13H21N5O3. The highest BCUT2D eigenvalue weighted by atomic mass is 16.6. The molecule has 3 N–H and O–H groups in total. The maximum absolute atomic E-state index is 11.3. The van der Waals surface area contributed by atoms with Crippen LogP contribution in [0.3, 0.4) is 0 Å².